The maximum absolute atomic E-state index is 14.1. The summed E-state index contributed by atoms with van der Waals surface area (Å²) in [5.74, 6) is -1.52. The van der Waals surface area contributed by atoms with Crippen molar-refractivity contribution in [2.24, 2.45) is 7.05 Å². The summed E-state index contributed by atoms with van der Waals surface area (Å²) in [7, 11) is 1.82. The van der Waals surface area contributed by atoms with Gasteiger partial charge in [-0.05, 0) is 76.3 Å². The smallest absolute Gasteiger partial charge is 0.123 e. The third-order valence-electron chi connectivity index (χ3n) is 6.73. The van der Waals surface area contributed by atoms with Crippen LogP contribution in [0.3, 0.4) is 0 Å². The number of fused-ring (bicyclic) bond motifs is 1. The van der Waals surface area contributed by atoms with E-state index in [1.165, 1.54) is 48.5 Å². The Kier molecular flexibility index (Phi) is 5.80. The zero-order valence-corrected chi connectivity index (χ0v) is 20.2. The summed E-state index contributed by atoms with van der Waals surface area (Å²) in [5.41, 5.74) is 6.64. The van der Waals surface area contributed by atoms with Crippen molar-refractivity contribution in [1.82, 2.24) is 9.78 Å². The molecule has 0 spiro atoms. The van der Waals surface area contributed by atoms with Gasteiger partial charge in [0.1, 0.15) is 23.3 Å². The molecule has 0 bridgehead atoms. The summed E-state index contributed by atoms with van der Waals surface area (Å²) in [6.07, 6.45) is 1.74. The van der Waals surface area contributed by atoms with Crippen molar-refractivity contribution >= 4 is 10.9 Å². The second-order valence-electron chi connectivity index (χ2n) is 9.06. The molecule has 0 atom stereocenters. The van der Waals surface area contributed by atoms with E-state index < -0.39 is 0 Å². The van der Waals surface area contributed by atoms with Gasteiger partial charge >= 0.3 is 0 Å². The van der Waals surface area contributed by atoms with Gasteiger partial charge in [-0.1, -0.05) is 48.5 Å². The van der Waals surface area contributed by atoms with Crippen LogP contribution in [0.2, 0.25) is 0 Å². The summed E-state index contributed by atoms with van der Waals surface area (Å²) in [6.45, 7) is 0. The Balaban J connectivity index is 1.87. The summed E-state index contributed by atoms with van der Waals surface area (Å²) < 4.78 is 57.8. The molecule has 0 aliphatic heterocycles. The molecular formula is C32H20F4N2. The lowest BCUT2D eigenvalue weighted by atomic mass is 9.80. The first-order valence-corrected chi connectivity index (χ1v) is 12.0. The molecule has 0 saturated carbocycles. The predicted molar refractivity (Wildman–Crippen MR) is 142 cm³/mol. The Morgan fingerprint density at radius 3 is 1.16 bits per heavy atom. The van der Waals surface area contributed by atoms with E-state index in [9.17, 15) is 17.6 Å². The van der Waals surface area contributed by atoms with E-state index in [0.29, 0.717) is 11.1 Å². The fourth-order valence-corrected chi connectivity index (χ4v) is 5.04. The van der Waals surface area contributed by atoms with Crippen molar-refractivity contribution < 1.29 is 17.6 Å². The molecule has 38 heavy (non-hydrogen) atoms. The highest BCUT2D eigenvalue weighted by atomic mass is 19.1. The quantitative estimate of drug-likeness (QED) is 0.218. The largest absolute Gasteiger partial charge is 0.267 e. The molecule has 1 aromatic heterocycles. The van der Waals surface area contributed by atoms with Crippen LogP contribution in [0.15, 0.2) is 103 Å². The third kappa shape index (κ3) is 4.04. The lowest BCUT2D eigenvalue weighted by molar-refractivity contribution is 0.627. The van der Waals surface area contributed by atoms with Gasteiger partial charge in [0.15, 0.2) is 0 Å². The fourth-order valence-electron chi connectivity index (χ4n) is 5.04. The molecule has 0 aliphatic rings. The number of aromatic nitrogens is 2. The molecule has 0 radical (unpaired) electrons. The molecule has 0 unspecified atom stereocenters. The third-order valence-corrected chi connectivity index (χ3v) is 6.73. The summed E-state index contributed by atoms with van der Waals surface area (Å²) in [4.78, 5) is 0. The highest BCUT2D eigenvalue weighted by molar-refractivity contribution is 6.17. The average Bonchev–Trinajstić information content (AvgIpc) is 3.30. The van der Waals surface area contributed by atoms with Crippen LogP contribution in [-0.4, -0.2) is 9.78 Å². The highest BCUT2D eigenvalue weighted by Gasteiger charge is 2.26. The van der Waals surface area contributed by atoms with Crippen LogP contribution in [0.5, 0.6) is 0 Å². The van der Waals surface area contributed by atoms with Gasteiger partial charge in [0.05, 0.1) is 11.7 Å². The van der Waals surface area contributed by atoms with Crippen molar-refractivity contribution in [2.75, 3.05) is 0 Å². The molecule has 1 heterocycles. The van der Waals surface area contributed by atoms with Gasteiger partial charge in [-0.2, -0.15) is 5.10 Å². The monoisotopic (exact) mass is 508 g/mol. The second-order valence-corrected chi connectivity index (χ2v) is 9.06. The van der Waals surface area contributed by atoms with Crippen molar-refractivity contribution in [1.29, 1.82) is 0 Å². The number of aryl methyl sites for hydroxylation is 1. The van der Waals surface area contributed by atoms with E-state index in [1.54, 1.807) is 59.4 Å². The van der Waals surface area contributed by atoms with Crippen LogP contribution >= 0.6 is 0 Å². The molecule has 0 N–H and O–H groups in total. The standard InChI is InChI=1S/C32H20F4N2/c1-38-32-27(18-37-38)28(19-2-10-23(33)11-3-19)29(20-4-12-24(34)13-5-20)30(21-6-14-25(35)15-7-21)31(32)22-8-16-26(36)17-9-22/h2-18H,1H3. The molecule has 0 amide bonds. The van der Waals surface area contributed by atoms with Crippen molar-refractivity contribution in [3.63, 3.8) is 0 Å². The Labute approximate surface area is 216 Å². The molecule has 2 nitrogen and oxygen atoms in total. The molecule has 0 aliphatic carbocycles. The molecule has 6 rings (SSSR count). The summed E-state index contributed by atoms with van der Waals surface area (Å²) in [6, 6.07) is 24.5. The van der Waals surface area contributed by atoms with Gasteiger partial charge in [0.2, 0.25) is 0 Å². The molecular weight excluding hydrogens is 488 g/mol. The van der Waals surface area contributed by atoms with Gasteiger partial charge in [-0.3, -0.25) is 4.68 Å². The molecule has 0 fully saturated rings. The minimum atomic E-state index is -0.388. The van der Waals surface area contributed by atoms with Crippen molar-refractivity contribution in [3.05, 3.63) is 127 Å². The van der Waals surface area contributed by atoms with E-state index >= 15 is 0 Å². The van der Waals surface area contributed by atoms with Gasteiger partial charge in [0.25, 0.3) is 0 Å². The maximum Gasteiger partial charge on any atom is 0.123 e. The fraction of sp³-hybridized carbons (Fsp3) is 0.0312. The first kappa shape index (κ1) is 23.7. The van der Waals surface area contributed by atoms with E-state index in [-0.39, 0.29) is 23.3 Å². The van der Waals surface area contributed by atoms with Crippen LogP contribution in [0.25, 0.3) is 55.4 Å². The van der Waals surface area contributed by atoms with Gasteiger partial charge < -0.3 is 0 Å². The average molecular weight is 509 g/mol. The zero-order valence-electron chi connectivity index (χ0n) is 20.2. The Hall–Kier alpha value is -4.71. The van der Waals surface area contributed by atoms with E-state index in [0.717, 1.165) is 44.3 Å². The first-order chi connectivity index (χ1) is 18.4. The van der Waals surface area contributed by atoms with E-state index in [4.69, 9.17) is 0 Å². The van der Waals surface area contributed by atoms with Gasteiger partial charge in [-0.15, -0.1) is 0 Å². The highest BCUT2D eigenvalue weighted by Crippen LogP contribution is 2.50. The number of nitrogens with zero attached hydrogens (tertiary/aromatic N) is 2. The lowest BCUT2D eigenvalue weighted by Gasteiger charge is -2.23. The van der Waals surface area contributed by atoms with Crippen LogP contribution in [0.1, 0.15) is 0 Å². The molecule has 0 saturated heterocycles. The Morgan fingerprint density at radius 1 is 0.447 bits per heavy atom. The molecule has 6 aromatic rings. The van der Waals surface area contributed by atoms with Crippen LogP contribution in [0, 0.1) is 23.3 Å². The second kappa shape index (κ2) is 9.30. The number of hydrogen-bond acceptors (Lipinski definition) is 1. The van der Waals surface area contributed by atoms with Crippen LogP contribution in [0.4, 0.5) is 17.6 Å². The summed E-state index contributed by atoms with van der Waals surface area (Å²) in [5, 5.41) is 5.33. The first-order valence-electron chi connectivity index (χ1n) is 12.0. The molecule has 5 aromatic carbocycles. The van der Waals surface area contributed by atoms with E-state index in [1.807, 2.05) is 7.05 Å². The minimum Gasteiger partial charge on any atom is -0.267 e. The Morgan fingerprint density at radius 2 is 0.763 bits per heavy atom. The lowest BCUT2D eigenvalue weighted by Crippen LogP contribution is -2.00. The topological polar surface area (TPSA) is 17.8 Å². The molecule has 6 heteroatoms. The number of rotatable bonds is 4. The van der Waals surface area contributed by atoms with E-state index in [2.05, 4.69) is 5.10 Å². The number of halogens is 4. The van der Waals surface area contributed by atoms with Crippen LogP contribution < -0.4 is 0 Å². The van der Waals surface area contributed by atoms with Crippen molar-refractivity contribution in [2.45, 2.75) is 0 Å². The minimum absolute atomic E-state index is 0.374. The SMILES string of the molecule is Cn1ncc2c(-c3ccc(F)cc3)c(-c3ccc(F)cc3)c(-c3ccc(F)cc3)c(-c3ccc(F)cc3)c21. The predicted octanol–water partition coefficient (Wildman–Crippen LogP) is 8.80. The van der Waals surface area contributed by atoms with Crippen LogP contribution in [-0.2, 0) is 7.05 Å². The van der Waals surface area contributed by atoms with Crippen molar-refractivity contribution in [3.8, 4) is 44.5 Å². The normalized spacial score (nSPS) is 11.3. The van der Waals surface area contributed by atoms with Gasteiger partial charge in [0, 0.05) is 29.1 Å². The number of benzene rings is 5. The number of hydrogen-bond donors (Lipinski definition) is 0. The van der Waals surface area contributed by atoms with Gasteiger partial charge in [-0.25, -0.2) is 17.6 Å². The summed E-state index contributed by atoms with van der Waals surface area (Å²) >= 11 is 0. The zero-order chi connectivity index (χ0) is 26.4. The molecule has 186 valence electrons. The maximum atomic E-state index is 14.1. The Bertz CT molecular complexity index is 1770.